The molecule has 0 radical (unpaired) electrons. The standard InChI is InChI=1S/C12H14O2.C8H10/c1-9(7-10(2)13)11-5-4-6-12(8-11)14-3;1-7-5-3-4-6-8(7)2/h4-6,8H,1,7H2,2-3H3;3-6H,1-2H3. The van der Waals surface area contributed by atoms with Crippen molar-refractivity contribution in [3.05, 3.63) is 71.8 Å². The summed E-state index contributed by atoms with van der Waals surface area (Å²) < 4.78 is 5.08. The first kappa shape index (κ1) is 17.7. The van der Waals surface area contributed by atoms with Crippen LogP contribution in [-0.2, 0) is 4.79 Å². The molecule has 0 saturated heterocycles. The fourth-order valence-corrected chi connectivity index (χ4v) is 1.91. The maximum atomic E-state index is 10.9. The van der Waals surface area contributed by atoms with E-state index in [0.717, 1.165) is 16.9 Å². The first-order chi connectivity index (χ1) is 10.4. The molecule has 2 aromatic rings. The number of ketones is 1. The molecule has 0 N–H and O–H groups in total. The fourth-order valence-electron chi connectivity index (χ4n) is 1.91. The summed E-state index contributed by atoms with van der Waals surface area (Å²) in [5.41, 5.74) is 4.52. The molecular formula is C20H24O2. The number of ether oxygens (including phenoxy) is 1. The minimum absolute atomic E-state index is 0.123. The zero-order valence-electron chi connectivity index (χ0n) is 13.8. The first-order valence-corrected chi connectivity index (χ1v) is 7.28. The average Bonchev–Trinajstić information content (AvgIpc) is 2.50. The maximum Gasteiger partial charge on any atom is 0.134 e. The number of aryl methyl sites for hydroxylation is 2. The smallest absolute Gasteiger partial charge is 0.134 e. The van der Waals surface area contributed by atoms with Crippen LogP contribution in [0.1, 0.15) is 30.0 Å². The number of hydrogen-bond acceptors (Lipinski definition) is 2. The van der Waals surface area contributed by atoms with E-state index in [2.05, 4.69) is 44.7 Å². The predicted molar refractivity (Wildman–Crippen MR) is 93.2 cm³/mol. The minimum Gasteiger partial charge on any atom is -0.497 e. The molecule has 0 fully saturated rings. The van der Waals surface area contributed by atoms with Crippen molar-refractivity contribution < 1.29 is 9.53 Å². The Balaban J connectivity index is 0.000000255. The van der Waals surface area contributed by atoms with Gasteiger partial charge < -0.3 is 4.74 Å². The quantitative estimate of drug-likeness (QED) is 0.794. The number of carbonyl (C=O) groups is 1. The van der Waals surface area contributed by atoms with E-state index in [1.807, 2.05) is 24.3 Å². The molecule has 2 aromatic carbocycles. The second kappa shape index (κ2) is 8.83. The van der Waals surface area contributed by atoms with Crippen LogP contribution in [-0.4, -0.2) is 12.9 Å². The van der Waals surface area contributed by atoms with E-state index in [0.29, 0.717) is 6.42 Å². The Kier molecular flexibility index (Phi) is 7.11. The molecule has 2 nitrogen and oxygen atoms in total. The maximum absolute atomic E-state index is 10.9. The van der Waals surface area contributed by atoms with E-state index < -0.39 is 0 Å². The summed E-state index contributed by atoms with van der Waals surface area (Å²) in [5, 5.41) is 0. The average molecular weight is 296 g/mol. The summed E-state index contributed by atoms with van der Waals surface area (Å²) in [7, 11) is 1.62. The molecule has 2 rings (SSSR count). The second-order valence-electron chi connectivity index (χ2n) is 5.30. The topological polar surface area (TPSA) is 26.3 Å². The molecule has 0 bridgehead atoms. The highest BCUT2D eigenvalue weighted by molar-refractivity contribution is 5.87. The Morgan fingerprint density at radius 3 is 2.09 bits per heavy atom. The van der Waals surface area contributed by atoms with E-state index in [-0.39, 0.29) is 5.78 Å². The van der Waals surface area contributed by atoms with Gasteiger partial charge >= 0.3 is 0 Å². The third-order valence-corrected chi connectivity index (χ3v) is 3.37. The van der Waals surface area contributed by atoms with Crippen LogP contribution in [0, 0.1) is 13.8 Å². The van der Waals surface area contributed by atoms with Gasteiger partial charge in [-0.1, -0.05) is 43.0 Å². The highest BCUT2D eigenvalue weighted by atomic mass is 16.5. The van der Waals surface area contributed by atoms with E-state index in [9.17, 15) is 4.79 Å². The summed E-state index contributed by atoms with van der Waals surface area (Å²) >= 11 is 0. The summed E-state index contributed by atoms with van der Waals surface area (Å²) in [6.45, 7) is 9.67. The van der Waals surface area contributed by atoms with Crippen molar-refractivity contribution in [2.24, 2.45) is 0 Å². The van der Waals surface area contributed by atoms with Crippen LogP contribution >= 0.6 is 0 Å². The number of allylic oxidation sites excluding steroid dienone is 1. The van der Waals surface area contributed by atoms with E-state index in [1.165, 1.54) is 11.1 Å². The van der Waals surface area contributed by atoms with Gasteiger partial charge in [-0.2, -0.15) is 0 Å². The van der Waals surface area contributed by atoms with E-state index in [1.54, 1.807) is 14.0 Å². The number of Topliss-reactive ketones (excluding diaryl/α,β-unsaturated/α-hetero) is 1. The summed E-state index contributed by atoms with van der Waals surface area (Å²) in [6.07, 6.45) is 0.396. The van der Waals surface area contributed by atoms with E-state index in [4.69, 9.17) is 4.74 Å². The Labute approximate surface area is 133 Å². The lowest BCUT2D eigenvalue weighted by Gasteiger charge is -2.05. The van der Waals surface area contributed by atoms with Gasteiger partial charge in [-0.25, -0.2) is 0 Å². The van der Waals surface area contributed by atoms with Crippen LogP contribution in [0.4, 0.5) is 0 Å². The van der Waals surface area contributed by atoms with E-state index >= 15 is 0 Å². The lowest BCUT2D eigenvalue weighted by Crippen LogP contribution is -1.93. The van der Waals surface area contributed by atoms with Crippen LogP contribution in [0.5, 0.6) is 5.75 Å². The molecule has 0 heterocycles. The van der Waals surface area contributed by atoms with Crippen molar-refractivity contribution in [3.8, 4) is 5.75 Å². The van der Waals surface area contributed by atoms with Crippen molar-refractivity contribution in [2.75, 3.05) is 7.11 Å². The van der Waals surface area contributed by atoms with Crippen LogP contribution in [0.3, 0.4) is 0 Å². The largest absolute Gasteiger partial charge is 0.497 e. The summed E-state index contributed by atoms with van der Waals surface area (Å²) in [6, 6.07) is 15.9. The Morgan fingerprint density at radius 2 is 1.64 bits per heavy atom. The number of rotatable bonds is 4. The molecule has 0 amide bonds. The number of methoxy groups -OCH3 is 1. The summed E-state index contributed by atoms with van der Waals surface area (Å²) in [4.78, 5) is 10.9. The van der Waals surface area contributed by atoms with Crippen LogP contribution < -0.4 is 4.74 Å². The van der Waals surface area contributed by atoms with Gasteiger partial charge in [0.1, 0.15) is 11.5 Å². The molecule has 0 aliphatic rings. The number of benzene rings is 2. The van der Waals surface area contributed by atoms with Gasteiger partial charge in [0.05, 0.1) is 7.11 Å². The molecule has 0 aliphatic heterocycles. The zero-order chi connectivity index (χ0) is 16.5. The molecule has 0 saturated carbocycles. The molecule has 2 heteroatoms. The Bertz CT molecular complexity index is 621. The van der Waals surface area contributed by atoms with Crippen molar-refractivity contribution >= 4 is 11.4 Å². The molecule has 0 aliphatic carbocycles. The highest BCUT2D eigenvalue weighted by Gasteiger charge is 2.02. The molecule has 0 aromatic heterocycles. The second-order valence-corrected chi connectivity index (χ2v) is 5.30. The SMILES string of the molecule is C=C(CC(C)=O)c1cccc(OC)c1.Cc1ccccc1C. The highest BCUT2D eigenvalue weighted by Crippen LogP contribution is 2.21. The molecule has 0 unspecified atom stereocenters. The molecule has 22 heavy (non-hydrogen) atoms. The van der Waals surface area contributed by atoms with Gasteiger partial charge in [-0.05, 0) is 55.2 Å². The first-order valence-electron chi connectivity index (χ1n) is 7.28. The normalized spacial score (nSPS) is 9.45. The lowest BCUT2D eigenvalue weighted by molar-refractivity contribution is -0.116. The fraction of sp³-hybridized carbons (Fsp3) is 0.250. The molecular weight excluding hydrogens is 272 g/mol. The predicted octanol–water partition coefficient (Wildman–Crippen LogP) is 4.99. The summed E-state index contributed by atoms with van der Waals surface area (Å²) in [5.74, 6) is 0.907. The van der Waals surface area contributed by atoms with Gasteiger partial charge in [0.15, 0.2) is 0 Å². The Morgan fingerprint density at radius 1 is 1.05 bits per heavy atom. The lowest BCUT2D eigenvalue weighted by atomic mass is 10.0. The van der Waals surface area contributed by atoms with Gasteiger partial charge in [-0.15, -0.1) is 0 Å². The van der Waals surface area contributed by atoms with Crippen molar-refractivity contribution in [1.82, 2.24) is 0 Å². The number of carbonyl (C=O) groups excluding carboxylic acids is 1. The third kappa shape index (κ3) is 5.96. The number of hydrogen-bond donors (Lipinski definition) is 0. The monoisotopic (exact) mass is 296 g/mol. The molecule has 116 valence electrons. The minimum atomic E-state index is 0.123. The van der Waals surface area contributed by atoms with Gasteiger partial charge in [0.2, 0.25) is 0 Å². The van der Waals surface area contributed by atoms with Crippen molar-refractivity contribution in [3.63, 3.8) is 0 Å². The van der Waals surface area contributed by atoms with Gasteiger partial charge in [-0.3, -0.25) is 4.79 Å². The van der Waals surface area contributed by atoms with Gasteiger partial charge in [0, 0.05) is 6.42 Å². The zero-order valence-corrected chi connectivity index (χ0v) is 13.8. The van der Waals surface area contributed by atoms with Gasteiger partial charge in [0.25, 0.3) is 0 Å². The van der Waals surface area contributed by atoms with Crippen LogP contribution in [0.25, 0.3) is 5.57 Å². The third-order valence-electron chi connectivity index (χ3n) is 3.37. The van der Waals surface area contributed by atoms with Crippen molar-refractivity contribution in [2.45, 2.75) is 27.2 Å². The Hall–Kier alpha value is -2.35. The van der Waals surface area contributed by atoms with Crippen LogP contribution in [0.2, 0.25) is 0 Å². The van der Waals surface area contributed by atoms with Crippen molar-refractivity contribution in [1.29, 1.82) is 0 Å². The molecule has 0 atom stereocenters. The molecule has 0 spiro atoms. The van der Waals surface area contributed by atoms with Crippen LogP contribution in [0.15, 0.2) is 55.1 Å².